The molecule has 0 radical (unpaired) electrons. The van der Waals surface area contributed by atoms with Crippen molar-refractivity contribution in [3.8, 4) is 0 Å². The summed E-state index contributed by atoms with van der Waals surface area (Å²) < 4.78 is 0. The summed E-state index contributed by atoms with van der Waals surface area (Å²) in [6, 6.07) is -0.212. The lowest BCUT2D eigenvalue weighted by molar-refractivity contribution is -0.119. The number of aromatic nitrogens is 3. The maximum Gasteiger partial charge on any atom is 0.243 e. The van der Waals surface area contributed by atoms with Gasteiger partial charge >= 0.3 is 0 Å². The first-order valence-electron chi connectivity index (χ1n) is 5.57. The maximum absolute atomic E-state index is 11.4. The Bertz CT molecular complexity index is 417. The predicted octanol–water partition coefficient (Wildman–Crippen LogP) is 0.0494. The highest BCUT2D eigenvalue weighted by atomic mass is 16.2. The van der Waals surface area contributed by atoms with Crippen molar-refractivity contribution in [2.24, 2.45) is 0 Å². The Balaban J connectivity index is 1.73. The smallest absolute Gasteiger partial charge is 0.243 e. The summed E-state index contributed by atoms with van der Waals surface area (Å²) in [5.74, 6) is 1.03. The molecule has 1 aromatic rings. The molecular formula is C10H13N5O. The van der Waals surface area contributed by atoms with E-state index in [1.165, 1.54) is 12.8 Å². The Morgan fingerprint density at radius 1 is 1.38 bits per heavy atom. The van der Waals surface area contributed by atoms with Crippen LogP contribution < -0.4 is 10.6 Å². The summed E-state index contributed by atoms with van der Waals surface area (Å²) in [6.45, 7) is 0.715. The van der Waals surface area contributed by atoms with Crippen LogP contribution in [0.3, 0.4) is 0 Å². The first kappa shape index (κ1) is 9.50. The third-order valence-corrected chi connectivity index (χ3v) is 2.93. The Labute approximate surface area is 92.9 Å². The SMILES string of the molecule is O=C1NCC[C@@H]1Nc1nncc(C2CC2)n1. The van der Waals surface area contributed by atoms with Gasteiger partial charge in [0.25, 0.3) is 0 Å². The van der Waals surface area contributed by atoms with Crippen molar-refractivity contribution in [3.05, 3.63) is 11.9 Å². The summed E-state index contributed by atoms with van der Waals surface area (Å²) in [4.78, 5) is 15.7. The molecule has 0 unspecified atom stereocenters. The quantitative estimate of drug-likeness (QED) is 0.750. The largest absolute Gasteiger partial charge is 0.354 e. The van der Waals surface area contributed by atoms with Crippen molar-refractivity contribution >= 4 is 11.9 Å². The number of hydrogen-bond acceptors (Lipinski definition) is 5. The third-order valence-electron chi connectivity index (χ3n) is 2.93. The van der Waals surface area contributed by atoms with E-state index in [0.29, 0.717) is 18.4 Å². The monoisotopic (exact) mass is 219 g/mol. The van der Waals surface area contributed by atoms with E-state index in [9.17, 15) is 4.79 Å². The molecule has 1 atom stereocenters. The van der Waals surface area contributed by atoms with E-state index in [4.69, 9.17) is 0 Å². The molecule has 2 fully saturated rings. The number of carbonyl (C=O) groups is 1. The van der Waals surface area contributed by atoms with Gasteiger partial charge in [-0.3, -0.25) is 4.79 Å². The molecule has 2 N–H and O–H groups in total. The van der Waals surface area contributed by atoms with Gasteiger partial charge in [-0.15, -0.1) is 5.10 Å². The van der Waals surface area contributed by atoms with Gasteiger partial charge in [0.1, 0.15) is 6.04 Å². The molecule has 6 nitrogen and oxygen atoms in total. The molecule has 0 spiro atoms. The summed E-state index contributed by atoms with van der Waals surface area (Å²) in [5, 5.41) is 13.6. The lowest BCUT2D eigenvalue weighted by atomic mass is 10.2. The standard InChI is InChI=1S/C10H13N5O/c16-9-7(3-4-11-9)13-10-14-8(5-12-15-10)6-1-2-6/h5-7H,1-4H2,(H,11,16)(H,13,14,15)/t7-/m0/s1. The summed E-state index contributed by atoms with van der Waals surface area (Å²) in [7, 11) is 0. The molecule has 1 aromatic heterocycles. The molecule has 84 valence electrons. The van der Waals surface area contributed by atoms with Crippen LogP contribution >= 0.6 is 0 Å². The first-order valence-corrected chi connectivity index (χ1v) is 5.57. The van der Waals surface area contributed by atoms with Crippen molar-refractivity contribution < 1.29 is 4.79 Å². The van der Waals surface area contributed by atoms with Gasteiger partial charge in [-0.2, -0.15) is 5.10 Å². The number of hydrogen-bond donors (Lipinski definition) is 2. The van der Waals surface area contributed by atoms with Crippen LogP contribution in [0.4, 0.5) is 5.95 Å². The van der Waals surface area contributed by atoms with Crippen molar-refractivity contribution in [2.45, 2.75) is 31.2 Å². The van der Waals surface area contributed by atoms with Gasteiger partial charge < -0.3 is 10.6 Å². The van der Waals surface area contributed by atoms with Crippen LogP contribution in [-0.4, -0.2) is 33.7 Å². The Morgan fingerprint density at radius 2 is 2.25 bits per heavy atom. The van der Waals surface area contributed by atoms with Gasteiger partial charge in [0, 0.05) is 12.5 Å². The number of rotatable bonds is 3. The summed E-state index contributed by atoms with van der Waals surface area (Å²) >= 11 is 0. The molecule has 1 aliphatic carbocycles. The van der Waals surface area contributed by atoms with Crippen molar-refractivity contribution in [1.29, 1.82) is 0 Å². The van der Waals surface area contributed by atoms with Gasteiger partial charge in [-0.25, -0.2) is 4.98 Å². The number of nitrogens with zero attached hydrogens (tertiary/aromatic N) is 3. The highest BCUT2D eigenvalue weighted by molar-refractivity contribution is 5.86. The zero-order valence-electron chi connectivity index (χ0n) is 8.81. The Morgan fingerprint density at radius 3 is 2.94 bits per heavy atom. The molecule has 0 aromatic carbocycles. The molecule has 16 heavy (non-hydrogen) atoms. The van der Waals surface area contributed by atoms with Crippen LogP contribution in [0.2, 0.25) is 0 Å². The van der Waals surface area contributed by atoms with Gasteiger partial charge in [-0.1, -0.05) is 0 Å². The van der Waals surface area contributed by atoms with Gasteiger partial charge in [-0.05, 0) is 19.3 Å². The minimum Gasteiger partial charge on any atom is -0.354 e. The van der Waals surface area contributed by atoms with E-state index in [1.807, 2.05) is 0 Å². The van der Waals surface area contributed by atoms with Crippen molar-refractivity contribution in [1.82, 2.24) is 20.5 Å². The van der Waals surface area contributed by atoms with E-state index in [0.717, 1.165) is 12.1 Å². The van der Waals surface area contributed by atoms with Gasteiger partial charge in [0.15, 0.2) is 0 Å². The fourth-order valence-corrected chi connectivity index (χ4v) is 1.84. The zero-order chi connectivity index (χ0) is 11.0. The summed E-state index contributed by atoms with van der Waals surface area (Å²) in [5.41, 5.74) is 0.982. The number of carbonyl (C=O) groups excluding carboxylic acids is 1. The lowest BCUT2D eigenvalue weighted by Gasteiger charge is -2.09. The molecule has 1 aliphatic heterocycles. The zero-order valence-corrected chi connectivity index (χ0v) is 8.81. The predicted molar refractivity (Wildman–Crippen MR) is 56.8 cm³/mol. The normalized spacial score (nSPS) is 24.2. The molecule has 2 heterocycles. The third kappa shape index (κ3) is 1.82. The fraction of sp³-hybridized carbons (Fsp3) is 0.600. The molecular weight excluding hydrogens is 206 g/mol. The van der Waals surface area contributed by atoms with Gasteiger partial charge in [0.2, 0.25) is 11.9 Å². The highest BCUT2D eigenvalue weighted by Crippen LogP contribution is 2.38. The first-order chi connectivity index (χ1) is 7.83. The lowest BCUT2D eigenvalue weighted by Crippen LogP contribution is -2.30. The molecule has 0 bridgehead atoms. The van der Waals surface area contributed by atoms with Crippen LogP contribution in [0, 0.1) is 0 Å². The maximum atomic E-state index is 11.4. The van der Waals surface area contributed by atoms with E-state index in [1.54, 1.807) is 6.20 Å². The number of nitrogens with one attached hydrogen (secondary N) is 2. The molecule has 3 rings (SSSR count). The van der Waals surface area contributed by atoms with Crippen LogP contribution in [0.15, 0.2) is 6.20 Å². The van der Waals surface area contributed by atoms with Crippen LogP contribution in [-0.2, 0) is 4.79 Å². The highest BCUT2D eigenvalue weighted by Gasteiger charge is 2.27. The number of anilines is 1. The second kappa shape index (κ2) is 3.70. The van der Waals surface area contributed by atoms with Crippen molar-refractivity contribution in [3.63, 3.8) is 0 Å². The van der Waals surface area contributed by atoms with Gasteiger partial charge in [0.05, 0.1) is 11.9 Å². The molecule has 1 amide bonds. The van der Waals surface area contributed by atoms with E-state index in [-0.39, 0.29) is 11.9 Å². The molecule has 2 aliphatic rings. The number of amides is 1. The van der Waals surface area contributed by atoms with E-state index < -0.39 is 0 Å². The minimum atomic E-state index is -0.212. The average Bonchev–Trinajstić information content (AvgIpc) is 3.06. The van der Waals surface area contributed by atoms with Crippen LogP contribution in [0.25, 0.3) is 0 Å². The Kier molecular flexibility index (Phi) is 2.19. The second-order valence-corrected chi connectivity index (χ2v) is 4.26. The fourth-order valence-electron chi connectivity index (χ4n) is 1.84. The van der Waals surface area contributed by atoms with Crippen LogP contribution in [0.5, 0.6) is 0 Å². The average molecular weight is 219 g/mol. The van der Waals surface area contributed by atoms with Crippen molar-refractivity contribution in [2.75, 3.05) is 11.9 Å². The molecule has 6 heteroatoms. The second-order valence-electron chi connectivity index (χ2n) is 4.26. The molecule has 1 saturated carbocycles. The van der Waals surface area contributed by atoms with E-state index >= 15 is 0 Å². The van der Waals surface area contributed by atoms with E-state index in [2.05, 4.69) is 25.8 Å². The topological polar surface area (TPSA) is 79.8 Å². The van der Waals surface area contributed by atoms with Crippen LogP contribution in [0.1, 0.15) is 30.9 Å². The minimum absolute atomic E-state index is 0.0143. The molecule has 1 saturated heterocycles. The Hall–Kier alpha value is -1.72. The summed E-state index contributed by atoms with van der Waals surface area (Å²) in [6.07, 6.45) is 4.84.